The summed E-state index contributed by atoms with van der Waals surface area (Å²) in [7, 11) is -3.43. The number of carbonyl (C=O) groups excluding carboxylic acids is 1. The maximum absolute atomic E-state index is 15.0. The van der Waals surface area contributed by atoms with Crippen LogP contribution in [0.2, 0.25) is 0 Å². The van der Waals surface area contributed by atoms with Gasteiger partial charge in [-0.1, -0.05) is 0 Å². The molecule has 0 aliphatic carbocycles. The van der Waals surface area contributed by atoms with Gasteiger partial charge < -0.3 is 14.7 Å². The van der Waals surface area contributed by atoms with Crippen LogP contribution < -0.4 is 9.46 Å². The Bertz CT molecular complexity index is 1560. The molecule has 202 valence electrons. The van der Waals surface area contributed by atoms with E-state index in [1.54, 1.807) is 0 Å². The first-order valence-corrected chi connectivity index (χ1v) is 13.0. The molecule has 1 heterocycles. The quantitative estimate of drug-likeness (QED) is 0.311. The van der Waals surface area contributed by atoms with Crippen LogP contribution in [-0.4, -0.2) is 44.0 Å². The van der Waals surface area contributed by atoms with Crippen molar-refractivity contribution in [3.8, 4) is 22.6 Å². The lowest BCUT2D eigenvalue weighted by Crippen LogP contribution is -2.35. The van der Waals surface area contributed by atoms with Crippen molar-refractivity contribution < 1.29 is 45.0 Å². The highest BCUT2D eigenvalue weighted by Gasteiger charge is 2.33. The number of ether oxygens (including phenoxy) is 1. The lowest BCUT2D eigenvalue weighted by atomic mass is 10.00. The summed E-state index contributed by atoms with van der Waals surface area (Å²) in [4.78, 5) is 13.4. The van der Waals surface area contributed by atoms with Crippen molar-refractivity contribution in [3.63, 3.8) is 0 Å². The van der Waals surface area contributed by atoms with E-state index in [1.165, 1.54) is 20.0 Å². The summed E-state index contributed by atoms with van der Waals surface area (Å²) in [5.74, 6) is -4.36. The molecule has 3 aromatic carbocycles. The maximum Gasteiger partial charge on any atom is 0.416 e. The van der Waals surface area contributed by atoms with E-state index in [1.807, 2.05) is 4.72 Å². The summed E-state index contributed by atoms with van der Waals surface area (Å²) in [6, 6.07) is 5.31. The molecule has 0 fully saturated rings. The molecule has 38 heavy (non-hydrogen) atoms. The maximum atomic E-state index is 15.0. The average Bonchev–Trinajstić information content (AvgIpc) is 2.81. The van der Waals surface area contributed by atoms with Crippen LogP contribution in [0.1, 0.15) is 22.8 Å². The molecule has 0 spiro atoms. The van der Waals surface area contributed by atoms with E-state index < -0.39 is 72.9 Å². The lowest BCUT2D eigenvalue weighted by Gasteiger charge is -2.24. The van der Waals surface area contributed by atoms with Gasteiger partial charge in [0.05, 0.1) is 22.3 Å². The molecule has 14 heteroatoms. The van der Waals surface area contributed by atoms with Crippen molar-refractivity contribution in [2.45, 2.75) is 24.1 Å². The number of alkyl halides is 3. The van der Waals surface area contributed by atoms with Crippen molar-refractivity contribution in [3.05, 3.63) is 69.7 Å². The van der Waals surface area contributed by atoms with Crippen molar-refractivity contribution in [1.82, 2.24) is 4.90 Å². The van der Waals surface area contributed by atoms with Crippen LogP contribution >= 0.6 is 15.9 Å². The van der Waals surface area contributed by atoms with Gasteiger partial charge in [0.25, 0.3) is 15.9 Å². The monoisotopic (exact) mass is 620 g/mol. The summed E-state index contributed by atoms with van der Waals surface area (Å²) in [5, 5.41) is 10.4. The number of hydrogen-bond acceptors (Lipinski definition) is 5. The minimum absolute atomic E-state index is 0.116. The zero-order valence-electron chi connectivity index (χ0n) is 19.5. The third kappa shape index (κ3) is 5.27. The first-order valence-electron chi connectivity index (χ1n) is 10.8. The number of anilines is 1. The van der Waals surface area contributed by atoms with E-state index in [0.717, 1.165) is 17.0 Å². The molecule has 0 radical (unpaired) electrons. The van der Waals surface area contributed by atoms with Crippen LogP contribution in [0.5, 0.6) is 11.5 Å². The summed E-state index contributed by atoms with van der Waals surface area (Å²) in [5.41, 5.74) is -3.16. The largest absolute Gasteiger partial charge is 0.505 e. The van der Waals surface area contributed by atoms with Crippen molar-refractivity contribution in [2.75, 3.05) is 18.3 Å². The van der Waals surface area contributed by atoms with E-state index >= 15 is 0 Å². The van der Waals surface area contributed by atoms with Gasteiger partial charge in [-0.3, -0.25) is 9.52 Å². The number of nitrogens with one attached hydrogen (secondary N) is 1. The van der Waals surface area contributed by atoms with Crippen LogP contribution in [-0.2, 0) is 16.2 Å². The fourth-order valence-electron chi connectivity index (χ4n) is 3.90. The molecule has 3 aromatic rings. The topological polar surface area (TPSA) is 95.9 Å². The number of rotatable bonds is 0. The molecule has 4 bridgehead atoms. The minimum atomic E-state index is -4.82. The zero-order valence-corrected chi connectivity index (χ0v) is 21.9. The number of hydrogen-bond donors (Lipinski definition) is 2. The Morgan fingerprint density at radius 2 is 1.76 bits per heavy atom. The van der Waals surface area contributed by atoms with Gasteiger partial charge in [0, 0.05) is 29.8 Å². The molecular weight excluding hydrogens is 603 g/mol. The van der Waals surface area contributed by atoms with Crippen molar-refractivity contribution in [1.29, 1.82) is 0 Å². The molecule has 0 saturated heterocycles. The fraction of sp³-hybridized carbons (Fsp3) is 0.208. The second-order valence-electron chi connectivity index (χ2n) is 8.55. The number of benzene rings is 3. The van der Waals surface area contributed by atoms with E-state index in [9.17, 15) is 40.3 Å². The number of halogens is 6. The third-order valence-electron chi connectivity index (χ3n) is 5.67. The third-order valence-corrected chi connectivity index (χ3v) is 7.65. The minimum Gasteiger partial charge on any atom is -0.505 e. The standard InChI is InChI=1S/C24H18BrF5N2O5S/c1-11-10-32(2)23(34)12-5-16(25)22(33)21(6-12)38(35,36)31-19-8-14(17(26)9-18(19)27)15-7-13(24(28,29)30)3-4-20(15)37-11/h3-9,11,31,33H,10H2,1-2H3/t11-/m0/s1. The Balaban J connectivity index is 2.01. The molecule has 7 nitrogen and oxygen atoms in total. The molecule has 1 amide bonds. The first-order chi connectivity index (χ1) is 17.6. The molecule has 0 saturated carbocycles. The summed E-state index contributed by atoms with van der Waals surface area (Å²) < 4.78 is 104. The van der Waals surface area contributed by atoms with E-state index in [2.05, 4.69) is 15.9 Å². The first kappa shape index (κ1) is 27.6. The predicted molar refractivity (Wildman–Crippen MR) is 130 cm³/mol. The molecule has 4 rings (SSSR count). The molecule has 1 aliphatic heterocycles. The van der Waals surface area contributed by atoms with Crippen LogP contribution in [0.3, 0.4) is 0 Å². The fourth-order valence-corrected chi connectivity index (χ4v) is 5.69. The number of amides is 1. The highest BCUT2D eigenvalue weighted by Crippen LogP contribution is 2.41. The Kier molecular flexibility index (Phi) is 7.08. The van der Waals surface area contributed by atoms with Gasteiger partial charge >= 0.3 is 6.18 Å². The van der Waals surface area contributed by atoms with Gasteiger partial charge in [0.15, 0.2) is 0 Å². The zero-order chi connectivity index (χ0) is 28.2. The Morgan fingerprint density at radius 3 is 2.42 bits per heavy atom. The summed E-state index contributed by atoms with van der Waals surface area (Å²) in [6.07, 6.45) is -5.66. The number of aromatic hydroxyl groups is 1. The summed E-state index contributed by atoms with van der Waals surface area (Å²) in [6.45, 7) is 1.40. The Hall–Kier alpha value is -3.39. The smallest absolute Gasteiger partial charge is 0.416 e. The van der Waals surface area contributed by atoms with Crippen LogP contribution in [0.15, 0.2) is 51.8 Å². The van der Waals surface area contributed by atoms with Crippen molar-refractivity contribution >= 4 is 37.5 Å². The number of likely N-dealkylation sites (N-methyl/N-ethyl adjacent to an activating group) is 1. The molecule has 1 atom stereocenters. The number of carbonyl (C=O) groups is 1. The number of nitrogens with zero attached hydrogens (tertiary/aromatic N) is 1. The van der Waals surface area contributed by atoms with Gasteiger partial charge in [0.1, 0.15) is 34.1 Å². The number of fused-ring (bicyclic) bond motifs is 6. The number of phenols is 1. The second-order valence-corrected chi connectivity index (χ2v) is 11.1. The van der Waals surface area contributed by atoms with Gasteiger partial charge in [0.2, 0.25) is 0 Å². The Labute approximate surface area is 222 Å². The lowest BCUT2D eigenvalue weighted by molar-refractivity contribution is -0.137. The van der Waals surface area contributed by atoms with Gasteiger partial charge in [-0.2, -0.15) is 13.2 Å². The number of phenolic OH excluding ortho intramolecular Hbond substituents is 1. The molecular formula is C24H18BrF5N2O5S. The number of sulfonamides is 1. The second kappa shape index (κ2) is 9.73. The van der Waals surface area contributed by atoms with E-state index in [-0.39, 0.29) is 22.3 Å². The molecule has 0 unspecified atom stereocenters. The highest BCUT2D eigenvalue weighted by atomic mass is 79.9. The Morgan fingerprint density at radius 1 is 1.08 bits per heavy atom. The van der Waals surface area contributed by atoms with Gasteiger partial charge in [-0.15, -0.1) is 0 Å². The van der Waals surface area contributed by atoms with Crippen molar-refractivity contribution in [2.24, 2.45) is 0 Å². The van der Waals surface area contributed by atoms with Crippen LogP contribution in [0.25, 0.3) is 11.1 Å². The van der Waals surface area contributed by atoms with E-state index in [0.29, 0.717) is 24.3 Å². The molecule has 2 N–H and O–H groups in total. The van der Waals surface area contributed by atoms with Gasteiger partial charge in [-0.05, 0) is 59.3 Å². The molecule has 0 aromatic heterocycles. The van der Waals surface area contributed by atoms with Gasteiger partial charge in [-0.25, -0.2) is 17.2 Å². The predicted octanol–water partition coefficient (Wildman–Crippen LogP) is 5.77. The SMILES string of the molecule is C[C@H]1CN(C)C(=O)c2cc(Br)c(O)c(c2)S(=O)(=O)Nc2cc(c(F)cc2F)-c2cc(C(F)(F)F)ccc2O1. The average molecular weight is 621 g/mol. The summed E-state index contributed by atoms with van der Waals surface area (Å²) >= 11 is 2.99. The van der Waals surface area contributed by atoms with Crippen LogP contribution in [0.4, 0.5) is 27.6 Å². The van der Waals surface area contributed by atoms with Crippen LogP contribution in [0, 0.1) is 11.6 Å². The molecule has 1 aliphatic rings. The highest BCUT2D eigenvalue weighted by molar-refractivity contribution is 9.10. The van der Waals surface area contributed by atoms with E-state index in [4.69, 9.17) is 4.74 Å². The normalized spacial score (nSPS) is 17.5.